The van der Waals surface area contributed by atoms with Gasteiger partial charge in [-0.3, -0.25) is 9.48 Å². The second kappa shape index (κ2) is 6.98. The zero-order valence-corrected chi connectivity index (χ0v) is 15.5. The lowest BCUT2D eigenvalue weighted by atomic mass is 10.1. The molecule has 1 aromatic carbocycles. The summed E-state index contributed by atoms with van der Waals surface area (Å²) in [6.45, 7) is 6.53. The van der Waals surface area contributed by atoms with E-state index in [-0.39, 0.29) is 11.7 Å². The number of carbonyl (C=O) groups excluding carboxylic acids is 1. The highest BCUT2D eigenvalue weighted by Crippen LogP contribution is 2.26. The van der Waals surface area contributed by atoms with Crippen molar-refractivity contribution in [1.29, 1.82) is 0 Å². The fourth-order valence-corrected chi connectivity index (χ4v) is 3.43. The van der Waals surface area contributed by atoms with Gasteiger partial charge in [0.25, 0.3) is 0 Å². The summed E-state index contributed by atoms with van der Waals surface area (Å²) in [4.78, 5) is 18.4. The molecule has 0 radical (unpaired) electrons. The molecule has 3 aromatic rings. The summed E-state index contributed by atoms with van der Waals surface area (Å²) < 4.78 is 15.5. The van der Waals surface area contributed by atoms with Gasteiger partial charge in [-0.05, 0) is 42.8 Å². The van der Waals surface area contributed by atoms with Crippen molar-refractivity contribution in [3.8, 4) is 0 Å². The van der Waals surface area contributed by atoms with Crippen LogP contribution in [0.2, 0.25) is 0 Å². The highest BCUT2D eigenvalue weighted by Gasteiger charge is 2.20. The van der Waals surface area contributed by atoms with Crippen molar-refractivity contribution < 1.29 is 9.18 Å². The molecule has 0 saturated heterocycles. The summed E-state index contributed by atoms with van der Waals surface area (Å²) in [5, 5.41) is 8.28. The first-order valence-electron chi connectivity index (χ1n) is 9.17. The second-order valence-electron chi connectivity index (χ2n) is 6.86. The van der Waals surface area contributed by atoms with Crippen molar-refractivity contribution in [3.63, 3.8) is 0 Å². The lowest BCUT2D eigenvalue weighted by molar-refractivity contribution is -0.120. The van der Waals surface area contributed by atoms with E-state index >= 15 is 0 Å². The van der Waals surface area contributed by atoms with Gasteiger partial charge < -0.3 is 10.2 Å². The Kier molecular flexibility index (Phi) is 4.51. The number of halogens is 1. The van der Waals surface area contributed by atoms with E-state index in [1.807, 2.05) is 30.7 Å². The first kappa shape index (κ1) is 17.5. The Morgan fingerprint density at radius 1 is 1.26 bits per heavy atom. The molecule has 2 aromatic heterocycles. The van der Waals surface area contributed by atoms with Crippen molar-refractivity contribution in [2.75, 3.05) is 11.4 Å². The predicted molar refractivity (Wildman–Crippen MR) is 102 cm³/mol. The van der Waals surface area contributed by atoms with E-state index in [0.717, 1.165) is 46.8 Å². The monoisotopic (exact) mass is 367 g/mol. The van der Waals surface area contributed by atoms with Crippen LogP contribution in [0.4, 0.5) is 10.2 Å². The Balaban J connectivity index is 1.56. The molecule has 0 fully saturated rings. The normalized spacial score (nSPS) is 13.7. The number of nitrogens with zero attached hydrogens (tertiary/aromatic N) is 4. The number of rotatable bonds is 4. The van der Waals surface area contributed by atoms with E-state index in [9.17, 15) is 9.18 Å². The summed E-state index contributed by atoms with van der Waals surface area (Å²) >= 11 is 0. The van der Waals surface area contributed by atoms with Gasteiger partial charge in [-0.2, -0.15) is 5.10 Å². The zero-order chi connectivity index (χ0) is 19.0. The highest BCUT2D eigenvalue weighted by molar-refractivity contribution is 5.84. The van der Waals surface area contributed by atoms with Gasteiger partial charge in [-0.15, -0.1) is 0 Å². The molecule has 0 unspecified atom stereocenters. The maximum Gasteiger partial charge on any atom is 0.220 e. The lowest BCUT2D eigenvalue weighted by Gasteiger charge is -2.29. The van der Waals surface area contributed by atoms with E-state index in [4.69, 9.17) is 4.98 Å². The lowest BCUT2D eigenvalue weighted by Crippen LogP contribution is -2.34. The van der Waals surface area contributed by atoms with Gasteiger partial charge in [0, 0.05) is 18.4 Å². The van der Waals surface area contributed by atoms with Gasteiger partial charge >= 0.3 is 0 Å². The van der Waals surface area contributed by atoms with Crippen LogP contribution >= 0.6 is 0 Å². The van der Waals surface area contributed by atoms with E-state index in [1.54, 1.807) is 6.07 Å². The van der Waals surface area contributed by atoms with Crippen LogP contribution in [0.15, 0.2) is 30.3 Å². The van der Waals surface area contributed by atoms with Crippen LogP contribution < -0.4 is 10.2 Å². The van der Waals surface area contributed by atoms with E-state index in [2.05, 4.69) is 15.3 Å². The van der Waals surface area contributed by atoms with Crippen LogP contribution in [-0.2, 0) is 24.4 Å². The van der Waals surface area contributed by atoms with Crippen molar-refractivity contribution >= 4 is 22.6 Å². The molecule has 0 saturated carbocycles. The molecule has 1 aliphatic rings. The number of anilines is 1. The first-order valence-corrected chi connectivity index (χ1v) is 9.17. The summed E-state index contributed by atoms with van der Waals surface area (Å²) in [5.41, 5.74) is 3.78. The van der Waals surface area contributed by atoms with E-state index < -0.39 is 0 Å². The molecule has 0 bridgehead atoms. The maximum atomic E-state index is 13.5. The minimum atomic E-state index is -0.246. The van der Waals surface area contributed by atoms with Crippen LogP contribution in [0, 0.1) is 12.7 Å². The fraction of sp³-hybridized carbons (Fsp3) is 0.350. The summed E-state index contributed by atoms with van der Waals surface area (Å²) in [7, 11) is 0. The number of aryl methyl sites for hydroxylation is 1. The van der Waals surface area contributed by atoms with Crippen LogP contribution in [-0.4, -0.2) is 27.2 Å². The summed E-state index contributed by atoms with van der Waals surface area (Å²) in [6, 6.07) is 8.75. The van der Waals surface area contributed by atoms with Gasteiger partial charge in [-0.25, -0.2) is 9.37 Å². The Labute approximate surface area is 157 Å². The number of pyridine rings is 1. The van der Waals surface area contributed by atoms with Crippen LogP contribution in [0.25, 0.3) is 10.9 Å². The van der Waals surface area contributed by atoms with Crippen molar-refractivity contribution in [3.05, 3.63) is 53.1 Å². The third-order valence-corrected chi connectivity index (χ3v) is 4.92. The molecular formula is C20H22FN5O. The molecule has 6 nitrogen and oxygen atoms in total. The highest BCUT2D eigenvalue weighted by atomic mass is 19.1. The topological polar surface area (TPSA) is 63.1 Å². The molecule has 0 spiro atoms. The molecule has 0 atom stereocenters. The van der Waals surface area contributed by atoms with Crippen molar-refractivity contribution in [1.82, 2.24) is 20.1 Å². The average molecular weight is 367 g/mol. The molecule has 140 valence electrons. The number of nitrogens with one attached hydrogen (secondary N) is 1. The van der Waals surface area contributed by atoms with E-state index in [1.165, 1.54) is 12.1 Å². The number of carbonyl (C=O) groups is 1. The van der Waals surface area contributed by atoms with Crippen LogP contribution in [0.3, 0.4) is 0 Å². The number of aromatic nitrogens is 3. The quantitative estimate of drug-likeness (QED) is 0.770. The summed E-state index contributed by atoms with van der Waals surface area (Å²) in [5.74, 6) is 0.666. The number of fused-ring (bicyclic) bond motifs is 2. The van der Waals surface area contributed by atoms with Gasteiger partial charge in [-0.1, -0.05) is 6.92 Å². The second-order valence-corrected chi connectivity index (χ2v) is 6.86. The molecule has 0 aliphatic carbocycles. The fourth-order valence-electron chi connectivity index (χ4n) is 3.43. The third kappa shape index (κ3) is 3.49. The Bertz CT molecular complexity index is 1010. The Morgan fingerprint density at radius 3 is 2.93 bits per heavy atom. The molecular weight excluding hydrogens is 345 g/mol. The van der Waals surface area contributed by atoms with E-state index in [0.29, 0.717) is 19.5 Å². The van der Waals surface area contributed by atoms with Gasteiger partial charge in [0.2, 0.25) is 5.91 Å². The minimum absolute atomic E-state index is 0.0230. The molecule has 1 amide bonds. The van der Waals surface area contributed by atoms with Crippen molar-refractivity contribution in [2.24, 2.45) is 0 Å². The molecule has 7 heteroatoms. The third-order valence-electron chi connectivity index (χ3n) is 4.92. The largest absolute Gasteiger partial charge is 0.350 e. The Morgan fingerprint density at radius 2 is 2.11 bits per heavy atom. The molecule has 27 heavy (non-hydrogen) atoms. The number of amides is 1. The molecule has 1 aliphatic heterocycles. The van der Waals surface area contributed by atoms with Crippen molar-refractivity contribution in [2.45, 2.75) is 39.9 Å². The first-order chi connectivity index (χ1) is 13.0. The van der Waals surface area contributed by atoms with Gasteiger partial charge in [0.1, 0.15) is 11.6 Å². The molecule has 1 N–H and O–H groups in total. The number of benzene rings is 1. The minimum Gasteiger partial charge on any atom is -0.350 e. The molecule has 4 rings (SSSR count). The number of hydrogen-bond acceptors (Lipinski definition) is 4. The van der Waals surface area contributed by atoms with Gasteiger partial charge in [0.15, 0.2) is 0 Å². The zero-order valence-electron chi connectivity index (χ0n) is 15.5. The van der Waals surface area contributed by atoms with Crippen LogP contribution in [0.1, 0.15) is 30.3 Å². The Hall–Kier alpha value is -2.96. The number of hydrogen-bond donors (Lipinski definition) is 1. The average Bonchev–Trinajstić information content (AvgIpc) is 3.08. The molecule has 3 heterocycles. The standard InChI is InChI=1S/C20H22FN5O/c1-3-20(27)22-11-15-10-16-12-25(6-7-26(16)24-15)19-8-13(2)17-9-14(21)4-5-18(17)23-19/h4-5,8-10H,3,6-7,11-12H2,1-2H3,(H,22,27). The van der Waals surface area contributed by atoms with Crippen LogP contribution in [0.5, 0.6) is 0 Å². The predicted octanol–water partition coefficient (Wildman–Crippen LogP) is 2.93. The van der Waals surface area contributed by atoms with Gasteiger partial charge in [0.05, 0.1) is 36.5 Å². The SMILES string of the molecule is CCC(=O)NCc1cc2n(n1)CCN(c1cc(C)c3cc(F)ccc3n1)C2. The smallest absolute Gasteiger partial charge is 0.220 e. The maximum absolute atomic E-state index is 13.5. The summed E-state index contributed by atoms with van der Waals surface area (Å²) in [6.07, 6.45) is 0.470.